The Balaban J connectivity index is 1.06. The molecular formula is C30H45N2O6. The lowest BCUT2D eigenvalue weighted by Gasteiger charge is -2.63. The van der Waals surface area contributed by atoms with Crippen LogP contribution in [0, 0.1) is 40.9 Å². The molecule has 8 nitrogen and oxygen atoms in total. The summed E-state index contributed by atoms with van der Waals surface area (Å²) in [6.45, 7) is 7.86. The number of carbonyl (C=O) groups is 2. The van der Waals surface area contributed by atoms with E-state index < -0.39 is 5.60 Å². The van der Waals surface area contributed by atoms with Gasteiger partial charge in [-0.05, 0) is 98.9 Å². The first-order valence-electron chi connectivity index (χ1n) is 14.9. The summed E-state index contributed by atoms with van der Waals surface area (Å²) in [5.74, 6) is 1.07. The highest BCUT2D eigenvalue weighted by molar-refractivity contribution is 5.85. The van der Waals surface area contributed by atoms with Gasteiger partial charge in [-0.3, -0.25) is 4.90 Å². The van der Waals surface area contributed by atoms with Gasteiger partial charge in [-0.15, -0.1) is 0 Å². The molecule has 0 bridgehead atoms. The van der Waals surface area contributed by atoms with Gasteiger partial charge in [0.15, 0.2) is 0 Å². The standard InChI is InChI=1S/C30H45N2O6/c1-28-9-5-22(38-27(35)31-12-14-32-13-8-21(33)17-32)16-20(28)3-4-25-24(28)6-10-29(2)23(7-11-30(25,29)36)19-15-26(34)37-18-19/h7,15,20-25,33,36H,3-6,8-14,16-18H2,1-2H3,(H,31,35)/t20-,21+,22+,23-,24+,25-,28+,29-,30+/m1/s1. The maximum absolute atomic E-state index is 12.5. The molecule has 0 aromatic heterocycles. The van der Waals surface area contributed by atoms with Gasteiger partial charge in [0.05, 0.1) is 11.7 Å². The lowest BCUT2D eigenvalue weighted by atomic mass is 9.43. The molecule has 6 aliphatic rings. The summed E-state index contributed by atoms with van der Waals surface area (Å²) in [6, 6.07) is 0. The van der Waals surface area contributed by atoms with Crippen LogP contribution in [0.15, 0.2) is 11.6 Å². The molecule has 4 aliphatic carbocycles. The average molecular weight is 530 g/mol. The molecule has 3 N–H and O–H groups in total. The number of β-amino-alcohol motifs (C(OH)–C–C–N with tert-alkyl or cyclic N) is 1. The van der Waals surface area contributed by atoms with Crippen LogP contribution >= 0.6 is 0 Å². The monoisotopic (exact) mass is 529 g/mol. The minimum atomic E-state index is -0.750. The molecule has 0 unspecified atom stereocenters. The number of carbonyl (C=O) groups excluding carboxylic acids is 2. The highest BCUT2D eigenvalue weighted by Gasteiger charge is 2.67. The minimum Gasteiger partial charge on any atom is -0.458 e. The zero-order valence-corrected chi connectivity index (χ0v) is 23.0. The van der Waals surface area contributed by atoms with Crippen molar-refractivity contribution in [2.75, 3.05) is 32.8 Å². The SMILES string of the molecule is C[C@]12CC[C@H](OC(=O)NCCN3CC[C@H](O)C3)C[C@H]1CC[C@@H]1[C@@H]2CC[C@]2(C)[C@@H](C3=CC(=O)OC3)[CH]C[C@]12O. The molecule has 6 rings (SSSR count). The molecule has 0 aromatic rings. The summed E-state index contributed by atoms with van der Waals surface area (Å²) in [4.78, 5) is 26.4. The van der Waals surface area contributed by atoms with Gasteiger partial charge in [0.1, 0.15) is 12.7 Å². The molecule has 38 heavy (non-hydrogen) atoms. The van der Waals surface area contributed by atoms with Crippen LogP contribution in [-0.4, -0.2) is 77.8 Å². The van der Waals surface area contributed by atoms with Crippen LogP contribution in [0.5, 0.6) is 0 Å². The van der Waals surface area contributed by atoms with Crippen LogP contribution in [0.4, 0.5) is 4.79 Å². The quantitative estimate of drug-likeness (QED) is 0.470. The number of nitrogens with one attached hydrogen (secondary N) is 1. The van der Waals surface area contributed by atoms with E-state index in [4.69, 9.17) is 9.47 Å². The molecule has 9 atom stereocenters. The number of amides is 1. The van der Waals surface area contributed by atoms with Crippen molar-refractivity contribution < 1.29 is 29.3 Å². The fourth-order valence-corrected chi connectivity index (χ4v) is 9.68. The van der Waals surface area contributed by atoms with Crippen molar-refractivity contribution in [3.8, 4) is 0 Å². The number of alkyl carbamates (subject to hydrolysis) is 1. The van der Waals surface area contributed by atoms with E-state index in [0.717, 1.165) is 70.0 Å². The van der Waals surface area contributed by atoms with Crippen molar-refractivity contribution in [2.24, 2.45) is 34.5 Å². The second-order valence-electron chi connectivity index (χ2n) is 13.6. The first-order chi connectivity index (χ1) is 18.1. The zero-order chi connectivity index (χ0) is 26.7. The highest BCUT2D eigenvalue weighted by Crippen LogP contribution is 2.69. The maximum Gasteiger partial charge on any atom is 0.407 e. The normalized spacial score (nSPS) is 46.5. The van der Waals surface area contributed by atoms with Crippen LogP contribution in [0.25, 0.3) is 0 Å². The summed E-state index contributed by atoms with van der Waals surface area (Å²) in [5.41, 5.74) is 0.166. The third-order valence-corrected chi connectivity index (χ3v) is 11.9. The number of rotatable bonds is 5. The van der Waals surface area contributed by atoms with Gasteiger partial charge in [0, 0.05) is 37.7 Å². The zero-order valence-electron chi connectivity index (χ0n) is 23.0. The van der Waals surface area contributed by atoms with E-state index in [0.29, 0.717) is 38.0 Å². The number of hydrogen-bond donors (Lipinski definition) is 3. The topological polar surface area (TPSA) is 108 Å². The molecule has 0 spiro atoms. The molecule has 211 valence electrons. The Morgan fingerprint density at radius 2 is 2.03 bits per heavy atom. The van der Waals surface area contributed by atoms with Gasteiger partial charge in [-0.2, -0.15) is 0 Å². The van der Waals surface area contributed by atoms with E-state index >= 15 is 0 Å². The maximum atomic E-state index is 12.5. The summed E-state index contributed by atoms with van der Waals surface area (Å²) >= 11 is 0. The van der Waals surface area contributed by atoms with Crippen molar-refractivity contribution in [3.05, 3.63) is 18.1 Å². The summed E-state index contributed by atoms with van der Waals surface area (Å²) < 4.78 is 11.1. The van der Waals surface area contributed by atoms with E-state index in [1.807, 2.05) is 0 Å². The van der Waals surface area contributed by atoms with E-state index in [1.54, 1.807) is 6.08 Å². The number of cyclic esters (lactones) is 1. The second-order valence-corrected chi connectivity index (χ2v) is 13.6. The third-order valence-electron chi connectivity index (χ3n) is 11.9. The first-order valence-corrected chi connectivity index (χ1v) is 14.9. The molecule has 8 heteroatoms. The van der Waals surface area contributed by atoms with Crippen molar-refractivity contribution >= 4 is 12.1 Å². The van der Waals surface area contributed by atoms with Crippen molar-refractivity contribution in [1.29, 1.82) is 0 Å². The van der Waals surface area contributed by atoms with Gasteiger partial charge < -0.3 is 25.0 Å². The van der Waals surface area contributed by atoms with Gasteiger partial charge in [0.2, 0.25) is 0 Å². The van der Waals surface area contributed by atoms with Crippen LogP contribution in [0.1, 0.15) is 71.6 Å². The van der Waals surface area contributed by atoms with E-state index in [2.05, 4.69) is 30.5 Å². The number of hydrogen-bond acceptors (Lipinski definition) is 7. The lowest BCUT2D eigenvalue weighted by molar-refractivity contribution is -0.208. The van der Waals surface area contributed by atoms with Crippen LogP contribution in [0.3, 0.4) is 0 Å². The predicted molar refractivity (Wildman–Crippen MR) is 141 cm³/mol. The molecule has 4 saturated carbocycles. The second kappa shape index (κ2) is 9.77. The van der Waals surface area contributed by atoms with E-state index in [9.17, 15) is 19.8 Å². The molecule has 1 amide bonds. The number of likely N-dealkylation sites (tertiary alicyclic amines) is 1. The minimum absolute atomic E-state index is 0.0498. The number of ether oxygens (including phenoxy) is 2. The molecule has 2 heterocycles. The number of fused-ring (bicyclic) bond motifs is 5. The van der Waals surface area contributed by atoms with Crippen molar-refractivity contribution in [2.45, 2.75) is 89.4 Å². The van der Waals surface area contributed by atoms with Gasteiger partial charge >= 0.3 is 12.1 Å². The molecule has 1 saturated heterocycles. The first kappa shape index (κ1) is 26.6. The number of aliphatic hydroxyl groups is 2. The number of esters is 1. The van der Waals surface area contributed by atoms with Crippen LogP contribution < -0.4 is 5.32 Å². The van der Waals surface area contributed by atoms with E-state index in [-0.39, 0.29) is 46.9 Å². The summed E-state index contributed by atoms with van der Waals surface area (Å²) in [6.07, 6.45) is 11.7. The fourth-order valence-electron chi connectivity index (χ4n) is 9.68. The Morgan fingerprint density at radius 1 is 1.18 bits per heavy atom. The van der Waals surface area contributed by atoms with Gasteiger partial charge in [0.25, 0.3) is 0 Å². The largest absolute Gasteiger partial charge is 0.458 e. The molecular weight excluding hydrogens is 484 g/mol. The predicted octanol–water partition coefficient (Wildman–Crippen LogP) is 3.22. The van der Waals surface area contributed by atoms with Gasteiger partial charge in [-0.25, -0.2) is 9.59 Å². The smallest absolute Gasteiger partial charge is 0.407 e. The molecule has 1 radical (unpaired) electrons. The summed E-state index contributed by atoms with van der Waals surface area (Å²) in [5, 5.41) is 24.9. The van der Waals surface area contributed by atoms with Crippen LogP contribution in [0.2, 0.25) is 0 Å². The summed E-state index contributed by atoms with van der Waals surface area (Å²) in [7, 11) is 0. The Labute approximate surface area is 226 Å². The Morgan fingerprint density at radius 3 is 2.76 bits per heavy atom. The Hall–Kier alpha value is -1.64. The lowest BCUT2D eigenvalue weighted by Crippen LogP contribution is -2.62. The highest BCUT2D eigenvalue weighted by atomic mass is 16.6. The molecule has 5 fully saturated rings. The third kappa shape index (κ3) is 4.29. The fraction of sp³-hybridized carbons (Fsp3) is 0.833. The van der Waals surface area contributed by atoms with E-state index in [1.165, 1.54) is 0 Å². The average Bonchev–Trinajstić information content (AvgIpc) is 3.56. The Bertz CT molecular complexity index is 986. The number of aliphatic hydroxyl groups excluding tert-OH is 1. The Kier molecular flexibility index (Phi) is 6.83. The van der Waals surface area contributed by atoms with Gasteiger partial charge in [-0.1, -0.05) is 13.8 Å². The van der Waals surface area contributed by atoms with Crippen molar-refractivity contribution in [1.82, 2.24) is 10.2 Å². The number of nitrogens with zero attached hydrogens (tertiary/aromatic N) is 1. The molecule has 0 aromatic carbocycles. The molecule has 2 aliphatic heterocycles. The van der Waals surface area contributed by atoms with Crippen molar-refractivity contribution in [3.63, 3.8) is 0 Å². The van der Waals surface area contributed by atoms with Crippen LogP contribution in [-0.2, 0) is 14.3 Å².